The number of likely N-dealkylation sites (N-methyl/N-ethyl adjacent to an activating group) is 2. The van der Waals surface area contributed by atoms with E-state index in [-0.39, 0.29) is 18.2 Å². The molecular formula is C25H26N2O2. The van der Waals surface area contributed by atoms with Crippen LogP contribution in [-0.2, 0) is 22.4 Å². The molecule has 0 aromatic heterocycles. The first-order chi connectivity index (χ1) is 13.9. The van der Waals surface area contributed by atoms with Gasteiger partial charge in [-0.05, 0) is 47.9 Å². The normalized spacial score (nSPS) is 10.4. The Balaban J connectivity index is 1.68. The molecule has 0 unspecified atom stereocenters. The van der Waals surface area contributed by atoms with Gasteiger partial charge in [0.2, 0.25) is 11.8 Å². The second-order valence-corrected chi connectivity index (χ2v) is 7.25. The van der Waals surface area contributed by atoms with E-state index < -0.39 is 0 Å². The van der Waals surface area contributed by atoms with Gasteiger partial charge in [-0.1, -0.05) is 54.6 Å². The van der Waals surface area contributed by atoms with Gasteiger partial charge in [-0.25, -0.2) is 0 Å². The zero-order chi connectivity index (χ0) is 20.8. The van der Waals surface area contributed by atoms with Gasteiger partial charge in [-0.2, -0.15) is 0 Å². The second kappa shape index (κ2) is 9.20. The fourth-order valence-electron chi connectivity index (χ4n) is 3.18. The van der Waals surface area contributed by atoms with Gasteiger partial charge in [-0.3, -0.25) is 9.59 Å². The van der Waals surface area contributed by atoms with Crippen LogP contribution in [0.25, 0.3) is 0 Å². The maximum absolute atomic E-state index is 12.7. The Bertz CT molecular complexity index is 998. The smallest absolute Gasteiger partial charge is 0.231 e. The zero-order valence-electron chi connectivity index (χ0n) is 17.1. The molecule has 3 rings (SSSR count). The molecule has 0 aliphatic carbocycles. The number of anilines is 2. The van der Waals surface area contributed by atoms with Gasteiger partial charge in [0.25, 0.3) is 0 Å². The maximum atomic E-state index is 12.7. The van der Waals surface area contributed by atoms with Crippen molar-refractivity contribution in [2.75, 3.05) is 23.9 Å². The number of hydrogen-bond acceptors (Lipinski definition) is 2. The van der Waals surface area contributed by atoms with Gasteiger partial charge in [0.1, 0.15) is 0 Å². The molecule has 29 heavy (non-hydrogen) atoms. The second-order valence-electron chi connectivity index (χ2n) is 7.25. The Kier molecular flexibility index (Phi) is 6.45. The monoisotopic (exact) mass is 386 g/mol. The van der Waals surface area contributed by atoms with Crippen molar-refractivity contribution < 1.29 is 9.59 Å². The lowest BCUT2D eigenvalue weighted by atomic mass is 10.1. The molecule has 0 heterocycles. The molecular weight excluding hydrogens is 360 g/mol. The van der Waals surface area contributed by atoms with E-state index in [2.05, 4.69) is 0 Å². The molecule has 3 aromatic rings. The molecule has 0 atom stereocenters. The SMILES string of the molecule is Cc1cccc(N(C)C(=O)Cc2cccc(N(C)C(=O)Cc3ccccc3)c2)c1. The highest BCUT2D eigenvalue weighted by molar-refractivity contribution is 5.96. The van der Waals surface area contributed by atoms with Crippen LogP contribution in [0.2, 0.25) is 0 Å². The predicted molar refractivity (Wildman–Crippen MR) is 118 cm³/mol. The predicted octanol–water partition coefficient (Wildman–Crippen LogP) is 4.41. The minimum Gasteiger partial charge on any atom is -0.315 e. The van der Waals surface area contributed by atoms with E-state index in [1.807, 2.05) is 85.8 Å². The van der Waals surface area contributed by atoms with E-state index in [4.69, 9.17) is 0 Å². The summed E-state index contributed by atoms with van der Waals surface area (Å²) in [5, 5.41) is 0. The van der Waals surface area contributed by atoms with Crippen molar-refractivity contribution in [2.45, 2.75) is 19.8 Å². The number of nitrogens with zero attached hydrogens (tertiary/aromatic N) is 2. The first-order valence-corrected chi connectivity index (χ1v) is 9.66. The first-order valence-electron chi connectivity index (χ1n) is 9.66. The van der Waals surface area contributed by atoms with Crippen molar-refractivity contribution in [3.8, 4) is 0 Å². The van der Waals surface area contributed by atoms with Crippen LogP contribution in [0, 0.1) is 6.92 Å². The van der Waals surface area contributed by atoms with Crippen LogP contribution in [-0.4, -0.2) is 25.9 Å². The quantitative estimate of drug-likeness (QED) is 0.630. The highest BCUT2D eigenvalue weighted by Crippen LogP contribution is 2.19. The van der Waals surface area contributed by atoms with Crippen molar-refractivity contribution in [1.29, 1.82) is 0 Å². The van der Waals surface area contributed by atoms with E-state index in [1.54, 1.807) is 23.9 Å². The summed E-state index contributed by atoms with van der Waals surface area (Å²) in [7, 11) is 3.56. The molecule has 0 aliphatic rings. The van der Waals surface area contributed by atoms with E-state index in [9.17, 15) is 9.59 Å². The van der Waals surface area contributed by atoms with Crippen LogP contribution in [0.1, 0.15) is 16.7 Å². The number of benzene rings is 3. The lowest BCUT2D eigenvalue weighted by Crippen LogP contribution is -2.29. The molecule has 0 aliphatic heterocycles. The minimum atomic E-state index is 0.00557. The van der Waals surface area contributed by atoms with Gasteiger partial charge in [-0.15, -0.1) is 0 Å². The average Bonchev–Trinajstić information content (AvgIpc) is 2.73. The molecule has 0 radical (unpaired) electrons. The highest BCUT2D eigenvalue weighted by atomic mass is 16.2. The molecule has 4 nitrogen and oxygen atoms in total. The lowest BCUT2D eigenvalue weighted by Gasteiger charge is -2.20. The van der Waals surface area contributed by atoms with Crippen LogP contribution in [0.15, 0.2) is 78.9 Å². The van der Waals surface area contributed by atoms with Crippen molar-refractivity contribution in [1.82, 2.24) is 0 Å². The summed E-state index contributed by atoms with van der Waals surface area (Å²) in [6.07, 6.45) is 0.621. The molecule has 0 bridgehead atoms. The Morgan fingerprint density at radius 2 is 1.17 bits per heavy atom. The van der Waals surface area contributed by atoms with Gasteiger partial charge in [0.15, 0.2) is 0 Å². The van der Waals surface area contributed by atoms with Gasteiger partial charge < -0.3 is 9.80 Å². The van der Waals surface area contributed by atoms with Crippen LogP contribution in [0.3, 0.4) is 0 Å². The van der Waals surface area contributed by atoms with Crippen LogP contribution >= 0.6 is 0 Å². The lowest BCUT2D eigenvalue weighted by molar-refractivity contribution is -0.118. The first kappa shape index (κ1) is 20.3. The van der Waals surface area contributed by atoms with Crippen LogP contribution in [0.5, 0.6) is 0 Å². The molecule has 148 valence electrons. The van der Waals surface area contributed by atoms with Crippen molar-refractivity contribution in [2.24, 2.45) is 0 Å². The Morgan fingerprint density at radius 3 is 1.79 bits per heavy atom. The summed E-state index contributed by atoms with van der Waals surface area (Å²) in [5.74, 6) is 0.0163. The topological polar surface area (TPSA) is 40.6 Å². The van der Waals surface area contributed by atoms with E-state index in [0.717, 1.165) is 28.1 Å². The molecule has 2 amide bonds. The van der Waals surface area contributed by atoms with Crippen molar-refractivity contribution >= 4 is 23.2 Å². The highest BCUT2D eigenvalue weighted by Gasteiger charge is 2.15. The maximum Gasteiger partial charge on any atom is 0.231 e. The molecule has 0 saturated heterocycles. The van der Waals surface area contributed by atoms with Gasteiger partial charge >= 0.3 is 0 Å². The third-order valence-corrected chi connectivity index (χ3v) is 4.99. The third kappa shape index (κ3) is 5.32. The van der Waals surface area contributed by atoms with Gasteiger partial charge in [0, 0.05) is 25.5 Å². The fourth-order valence-corrected chi connectivity index (χ4v) is 3.18. The minimum absolute atomic E-state index is 0.00557. The number of hydrogen-bond donors (Lipinski definition) is 0. The zero-order valence-corrected chi connectivity index (χ0v) is 17.1. The summed E-state index contributed by atoms with van der Waals surface area (Å²) in [4.78, 5) is 28.7. The molecule has 0 spiro atoms. The van der Waals surface area contributed by atoms with Crippen molar-refractivity contribution in [3.63, 3.8) is 0 Å². The number of carbonyl (C=O) groups excluding carboxylic acids is 2. The Hall–Kier alpha value is -3.40. The molecule has 3 aromatic carbocycles. The average molecular weight is 386 g/mol. The van der Waals surface area contributed by atoms with E-state index in [0.29, 0.717) is 6.42 Å². The van der Waals surface area contributed by atoms with Crippen molar-refractivity contribution in [3.05, 3.63) is 95.6 Å². The fraction of sp³-hybridized carbons (Fsp3) is 0.200. The standard InChI is InChI=1S/C25H26N2O2/c1-19-9-7-13-22(15-19)26(2)25(29)18-21-12-8-14-23(16-21)27(3)24(28)17-20-10-5-4-6-11-20/h4-16H,17-18H2,1-3H3. The third-order valence-electron chi connectivity index (χ3n) is 4.99. The number of amides is 2. The summed E-state index contributed by atoms with van der Waals surface area (Å²) in [6, 6.07) is 25.2. The molecule has 0 N–H and O–H groups in total. The van der Waals surface area contributed by atoms with E-state index >= 15 is 0 Å². The number of rotatable bonds is 6. The molecule has 0 fully saturated rings. The molecule has 0 saturated carbocycles. The summed E-state index contributed by atoms with van der Waals surface area (Å²) in [5.41, 5.74) is 4.64. The summed E-state index contributed by atoms with van der Waals surface area (Å²) in [6.45, 7) is 2.01. The Labute approximate surface area is 172 Å². The largest absolute Gasteiger partial charge is 0.315 e. The van der Waals surface area contributed by atoms with E-state index in [1.165, 1.54) is 0 Å². The number of aryl methyl sites for hydroxylation is 1. The molecule has 4 heteroatoms. The van der Waals surface area contributed by atoms with Gasteiger partial charge in [0.05, 0.1) is 12.8 Å². The van der Waals surface area contributed by atoms with Crippen LogP contribution in [0.4, 0.5) is 11.4 Å². The van der Waals surface area contributed by atoms with Crippen LogP contribution < -0.4 is 9.80 Å². The Morgan fingerprint density at radius 1 is 0.655 bits per heavy atom. The number of carbonyl (C=O) groups is 2. The summed E-state index contributed by atoms with van der Waals surface area (Å²) < 4.78 is 0. The summed E-state index contributed by atoms with van der Waals surface area (Å²) >= 11 is 0.